The van der Waals surface area contributed by atoms with Crippen LogP contribution in [0.2, 0.25) is 18.1 Å². The van der Waals surface area contributed by atoms with Crippen molar-refractivity contribution in [1.29, 1.82) is 0 Å². The van der Waals surface area contributed by atoms with E-state index in [1.54, 1.807) is 0 Å². The Balaban J connectivity index is 1.84. The monoisotopic (exact) mass is 380 g/mol. The molecule has 2 aliphatic carbocycles. The van der Waals surface area contributed by atoms with Crippen LogP contribution in [0.25, 0.3) is 0 Å². The molecule has 2 nitrogen and oxygen atoms in total. The van der Waals surface area contributed by atoms with E-state index in [4.69, 9.17) is 4.43 Å². The van der Waals surface area contributed by atoms with E-state index in [1.807, 2.05) is 0 Å². The zero-order valence-corrected chi connectivity index (χ0v) is 19.8. The summed E-state index contributed by atoms with van der Waals surface area (Å²) in [6.07, 6.45) is 9.24. The van der Waals surface area contributed by atoms with Gasteiger partial charge in [-0.1, -0.05) is 54.4 Å². The van der Waals surface area contributed by atoms with Crippen molar-refractivity contribution in [1.82, 2.24) is 0 Å². The van der Waals surface area contributed by atoms with Crippen LogP contribution in [0.5, 0.6) is 0 Å². The molecule has 26 heavy (non-hydrogen) atoms. The number of hydrogen-bond acceptors (Lipinski definition) is 2. The van der Waals surface area contributed by atoms with Crippen molar-refractivity contribution >= 4 is 14.1 Å². The summed E-state index contributed by atoms with van der Waals surface area (Å²) in [7, 11) is -1.60. The van der Waals surface area contributed by atoms with E-state index < -0.39 is 8.32 Å². The minimum Gasteiger partial charge on any atom is -0.417 e. The largest absolute Gasteiger partial charge is 0.417 e. The average molecular weight is 381 g/mol. The fourth-order valence-corrected chi connectivity index (χ4v) is 6.54. The molecular weight excluding hydrogens is 336 g/mol. The standard InChI is InChI=1S/C23H44O2Si/c1-18(12-9-10-17-25-26(7,8)21(2,3)4)22(5)16-14-19-20(24)13-11-15-23(19,22)6/h18-19H,9-17H2,1-8H3/t18-,19+,22-,23+/m1/s1. The molecule has 2 saturated carbocycles. The normalized spacial score (nSPS) is 34.0. The molecule has 2 aliphatic rings. The Bertz CT molecular complexity index is 507. The summed E-state index contributed by atoms with van der Waals surface area (Å²) in [5.74, 6) is 1.58. The summed E-state index contributed by atoms with van der Waals surface area (Å²) in [4.78, 5) is 12.5. The van der Waals surface area contributed by atoms with E-state index in [2.05, 4.69) is 54.6 Å². The van der Waals surface area contributed by atoms with E-state index in [1.165, 1.54) is 32.1 Å². The molecular formula is C23H44O2Si. The Labute approximate surface area is 164 Å². The minimum atomic E-state index is -1.60. The first-order chi connectivity index (χ1) is 11.9. The number of fused-ring (bicyclic) bond motifs is 1. The number of Topliss-reactive ketones (excluding diaryl/α,β-unsaturated/α-hetero) is 1. The highest BCUT2D eigenvalue weighted by molar-refractivity contribution is 6.74. The quantitative estimate of drug-likeness (QED) is 0.351. The maximum Gasteiger partial charge on any atom is 0.191 e. The lowest BCUT2D eigenvalue weighted by atomic mass is 9.54. The molecule has 0 radical (unpaired) electrons. The summed E-state index contributed by atoms with van der Waals surface area (Å²) >= 11 is 0. The van der Waals surface area contributed by atoms with E-state index in [0.29, 0.717) is 28.1 Å². The molecule has 0 unspecified atom stereocenters. The second kappa shape index (κ2) is 7.70. The summed E-state index contributed by atoms with van der Waals surface area (Å²) in [6.45, 7) is 19.9. The molecule has 0 saturated heterocycles. The summed E-state index contributed by atoms with van der Waals surface area (Å²) in [5, 5.41) is 0.300. The van der Waals surface area contributed by atoms with Crippen LogP contribution >= 0.6 is 0 Å². The van der Waals surface area contributed by atoms with Crippen LogP contribution in [0, 0.1) is 22.7 Å². The van der Waals surface area contributed by atoms with Gasteiger partial charge in [0.1, 0.15) is 5.78 Å². The Morgan fingerprint density at radius 1 is 1.19 bits per heavy atom. The van der Waals surface area contributed by atoms with Gasteiger partial charge in [0, 0.05) is 18.9 Å². The SMILES string of the molecule is C[C@H](CCCCO[Si](C)(C)C(C)(C)C)[C@@]1(C)CC[C@H]2C(=O)CCC[C@@]21C. The molecule has 0 amide bonds. The summed E-state index contributed by atoms with van der Waals surface area (Å²) in [6, 6.07) is 0. The third kappa shape index (κ3) is 3.99. The number of unbranched alkanes of at least 4 members (excludes halogenated alkanes) is 1. The van der Waals surface area contributed by atoms with Crippen LogP contribution in [0.1, 0.15) is 92.9 Å². The summed E-state index contributed by atoms with van der Waals surface area (Å²) in [5.41, 5.74) is 0.563. The van der Waals surface area contributed by atoms with Gasteiger partial charge in [-0.2, -0.15) is 0 Å². The van der Waals surface area contributed by atoms with Gasteiger partial charge in [0.25, 0.3) is 0 Å². The fraction of sp³-hybridized carbons (Fsp3) is 0.957. The van der Waals surface area contributed by atoms with Crippen molar-refractivity contribution < 1.29 is 9.22 Å². The van der Waals surface area contributed by atoms with Gasteiger partial charge in [-0.05, 0) is 67.0 Å². The molecule has 4 atom stereocenters. The maximum atomic E-state index is 12.5. The van der Waals surface area contributed by atoms with Gasteiger partial charge >= 0.3 is 0 Å². The molecule has 0 heterocycles. The predicted octanol–water partition coefficient (Wildman–Crippen LogP) is 6.99. The third-order valence-electron chi connectivity index (χ3n) is 8.92. The topological polar surface area (TPSA) is 26.3 Å². The molecule has 0 aliphatic heterocycles. The highest BCUT2D eigenvalue weighted by atomic mass is 28.4. The van der Waals surface area contributed by atoms with Crippen molar-refractivity contribution in [3.8, 4) is 0 Å². The van der Waals surface area contributed by atoms with Crippen LogP contribution in [0.15, 0.2) is 0 Å². The smallest absolute Gasteiger partial charge is 0.191 e. The molecule has 2 rings (SSSR count). The van der Waals surface area contributed by atoms with Gasteiger partial charge in [0.05, 0.1) is 0 Å². The Kier molecular flexibility index (Phi) is 6.55. The van der Waals surface area contributed by atoms with Crippen molar-refractivity contribution in [3.05, 3.63) is 0 Å². The molecule has 0 spiro atoms. The van der Waals surface area contributed by atoms with Gasteiger partial charge in [-0.25, -0.2) is 0 Å². The van der Waals surface area contributed by atoms with Crippen molar-refractivity contribution in [2.75, 3.05) is 6.61 Å². The van der Waals surface area contributed by atoms with Crippen LogP contribution in [0.4, 0.5) is 0 Å². The summed E-state index contributed by atoms with van der Waals surface area (Å²) < 4.78 is 6.34. The minimum absolute atomic E-state index is 0.236. The van der Waals surface area contributed by atoms with Crippen LogP contribution in [-0.4, -0.2) is 20.7 Å². The zero-order chi connectivity index (χ0) is 19.8. The van der Waals surface area contributed by atoms with Gasteiger partial charge < -0.3 is 4.43 Å². The lowest BCUT2D eigenvalue weighted by Crippen LogP contribution is -2.45. The first kappa shape index (κ1) is 22.1. The Hall–Kier alpha value is -0.153. The first-order valence-corrected chi connectivity index (χ1v) is 13.9. The Morgan fingerprint density at radius 3 is 2.46 bits per heavy atom. The van der Waals surface area contributed by atoms with Gasteiger partial charge in [-0.15, -0.1) is 0 Å². The molecule has 3 heteroatoms. The van der Waals surface area contributed by atoms with Gasteiger partial charge in [0.2, 0.25) is 0 Å². The Morgan fingerprint density at radius 2 is 1.85 bits per heavy atom. The van der Waals surface area contributed by atoms with E-state index >= 15 is 0 Å². The molecule has 2 fully saturated rings. The average Bonchev–Trinajstić information content (AvgIpc) is 2.79. The first-order valence-electron chi connectivity index (χ1n) is 11.0. The van der Waals surface area contributed by atoms with Gasteiger partial charge in [0.15, 0.2) is 8.32 Å². The number of carbonyl (C=O) groups is 1. The number of carbonyl (C=O) groups excluding carboxylic acids is 1. The van der Waals surface area contributed by atoms with Crippen LogP contribution in [0.3, 0.4) is 0 Å². The second-order valence-corrected chi connectivity index (χ2v) is 16.1. The van der Waals surface area contributed by atoms with Crippen molar-refractivity contribution in [3.63, 3.8) is 0 Å². The molecule has 0 aromatic heterocycles. The number of rotatable bonds is 7. The molecule has 0 aromatic rings. The van der Waals surface area contributed by atoms with Crippen LogP contribution in [-0.2, 0) is 9.22 Å². The highest BCUT2D eigenvalue weighted by Crippen LogP contribution is 2.64. The van der Waals surface area contributed by atoms with Crippen molar-refractivity contribution in [2.24, 2.45) is 22.7 Å². The number of hydrogen-bond donors (Lipinski definition) is 0. The molecule has 0 bridgehead atoms. The third-order valence-corrected chi connectivity index (χ3v) is 13.5. The van der Waals surface area contributed by atoms with Crippen LogP contribution < -0.4 is 0 Å². The number of ketones is 1. The lowest BCUT2D eigenvalue weighted by Gasteiger charge is -2.50. The maximum absolute atomic E-state index is 12.5. The fourth-order valence-electron chi connectivity index (χ4n) is 5.45. The van der Waals surface area contributed by atoms with E-state index in [-0.39, 0.29) is 5.41 Å². The van der Waals surface area contributed by atoms with E-state index in [0.717, 1.165) is 25.9 Å². The molecule has 0 N–H and O–H groups in total. The molecule has 152 valence electrons. The highest BCUT2D eigenvalue weighted by Gasteiger charge is 2.59. The predicted molar refractivity (Wildman–Crippen MR) is 114 cm³/mol. The molecule has 0 aromatic carbocycles. The zero-order valence-electron chi connectivity index (χ0n) is 18.8. The van der Waals surface area contributed by atoms with Crippen molar-refractivity contribution in [2.45, 2.75) is 111 Å². The lowest BCUT2D eigenvalue weighted by molar-refractivity contribution is -0.133. The second-order valence-electron chi connectivity index (χ2n) is 11.3. The van der Waals surface area contributed by atoms with E-state index in [9.17, 15) is 4.79 Å². The van der Waals surface area contributed by atoms with Gasteiger partial charge in [-0.3, -0.25) is 4.79 Å².